The first-order valence-electron chi connectivity index (χ1n) is 7.31. The number of likely N-dealkylation sites (N-methyl/N-ethyl adjacent to an activating group) is 1. The van der Waals surface area contributed by atoms with Crippen LogP contribution in [0, 0.1) is 14.9 Å². The highest BCUT2D eigenvalue weighted by atomic mass is 127. The summed E-state index contributed by atoms with van der Waals surface area (Å²) in [5.74, 6) is 0.306. The molecule has 0 radical (unpaired) electrons. The Hall–Kier alpha value is -2.33. The average molecular weight is 432 g/mol. The summed E-state index contributed by atoms with van der Waals surface area (Å²) in [6, 6.07) is 17.4. The van der Waals surface area contributed by atoms with E-state index in [-0.39, 0.29) is 11.5 Å². The quantitative estimate of drug-likeness (QED) is 0.410. The Morgan fingerprint density at radius 1 is 1.21 bits per heavy atom. The minimum absolute atomic E-state index is 0.0744. The number of rotatable bonds is 5. The molecule has 0 heterocycles. The topological polar surface area (TPSA) is 53.3 Å². The first kappa shape index (κ1) is 18.0. The number of benzene rings is 2. The maximum absolute atomic E-state index is 12.0. The zero-order valence-corrected chi connectivity index (χ0v) is 15.6. The van der Waals surface area contributed by atoms with E-state index in [2.05, 4.69) is 22.6 Å². The Morgan fingerprint density at radius 2 is 1.88 bits per heavy atom. The highest BCUT2D eigenvalue weighted by Crippen LogP contribution is 2.22. The third-order valence-electron chi connectivity index (χ3n) is 3.28. The van der Waals surface area contributed by atoms with Crippen LogP contribution in [-0.4, -0.2) is 24.9 Å². The van der Waals surface area contributed by atoms with Gasteiger partial charge in [-0.1, -0.05) is 30.3 Å². The van der Waals surface area contributed by atoms with E-state index in [1.807, 2.05) is 54.6 Å². The van der Waals surface area contributed by atoms with Crippen molar-refractivity contribution in [2.24, 2.45) is 0 Å². The van der Waals surface area contributed by atoms with Crippen LogP contribution < -0.4 is 4.74 Å². The molecule has 0 aliphatic heterocycles. The van der Waals surface area contributed by atoms with Gasteiger partial charge in [0.2, 0.25) is 0 Å². The fraction of sp³-hybridized carbons (Fsp3) is 0.158. The van der Waals surface area contributed by atoms with Gasteiger partial charge in [0.05, 0.1) is 0 Å². The molecule has 0 unspecified atom stereocenters. The molecule has 4 nitrogen and oxygen atoms in total. The van der Waals surface area contributed by atoms with Crippen molar-refractivity contribution in [3.8, 4) is 11.8 Å². The zero-order chi connectivity index (χ0) is 17.5. The van der Waals surface area contributed by atoms with E-state index in [9.17, 15) is 10.1 Å². The van der Waals surface area contributed by atoms with Crippen LogP contribution in [0.1, 0.15) is 11.1 Å². The molecule has 2 aromatic carbocycles. The lowest BCUT2D eigenvalue weighted by atomic mass is 10.1. The van der Waals surface area contributed by atoms with Gasteiger partial charge in [0.25, 0.3) is 5.91 Å². The lowest BCUT2D eigenvalue weighted by Gasteiger charge is -2.11. The summed E-state index contributed by atoms with van der Waals surface area (Å²) >= 11 is 2.26. The maximum atomic E-state index is 12.0. The van der Waals surface area contributed by atoms with Crippen molar-refractivity contribution in [2.75, 3.05) is 14.1 Å². The Labute approximate surface area is 155 Å². The van der Waals surface area contributed by atoms with E-state index in [1.54, 1.807) is 20.2 Å². The SMILES string of the molecule is CN(C)C(=O)/C(C#N)=C\c1ccccc1OCc1ccc(I)cc1. The van der Waals surface area contributed by atoms with Gasteiger partial charge >= 0.3 is 0 Å². The first-order valence-corrected chi connectivity index (χ1v) is 8.39. The summed E-state index contributed by atoms with van der Waals surface area (Å²) in [7, 11) is 3.24. The monoisotopic (exact) mass is 432 g/mol. The number of halogens is 1. The second-order valence-corrected chi connectivity index (χ2v) is 6.57. The van der Waals surface area contributed by atoms with E-state index in [0.29, 0.717) is 17.9 Å². The summed E-state index contributed by atoms with van der Waals surface area (Å²) in [6.07, 6.45) is 1.56. The smallest absolute Gasteiger partial charge is 0.264 e. The van der Waals surface area contributed by atoms with E-state index in [1.165, 1.54) is 8.47 Å². The van der Waals surface area contributed by atoms with Crippen molar-refractivity contribution in [1.29, 1.82) is 5.26 Å². The molecule has 0 aliphatic rings. The van der Waals surface area contributed by atoms with Crippen LogP contribution in [-0.2, 0) is 11.4 Å². The van der Waals surface area contributed by atoms with Gasteiger partial charge in [-0.2, -0.15) is 5.26 Å². The number of hydrogen-bond donors (Lipinski definition) is 0. The van der Waals surface area contributed by atoms with Crippen LogP contribution in [0.5, 0.6) is 5.75 Å². The normalized spacial score (nSPS) is 10.8. The molecule has 0 aromatic heterocycles. The predicted octanol–water partition coefficient (Wildman–Crippen LogP) is 3.87. The highest BCUT2D eigenvalue weighted by molar-refractivity contribution is 14.1. The highest BCUT2D eigenvalue weighted by Gasteiger charge is 2.12. The van der Waals surface area contributed by atoms with Crippen LogP contribution in [0.15, 0.2) is 54.1 Å². The fourth-order valence-corrected chi connectivity index (χ4v) is 2.37. The molecular formula is C19H17IN2O2. The van der Waals surface area contributed by atoms with Crippen molar-refractivity contribution in [1.82, 2.24) is 4.90 Å². The third kappa shape index (κ3) is 4.83. The summed E-state index contributed by atoms with van der Waals surface area (Å²) in [6.45, 7) is 0.422. The van der Waals surface area contributed by atoms with Crippen LogP contribution in [0.3, 0.4) is 0 Å². The number of amides is 1. The van der Waals surface area contributed by atoms with E-state index >= 15 is 0 Å². The number of carbonyl (C=O) groups is 1. The predicted molar refractivity (Wildman–Crippen MR) is 102 cm³/mol. The van der Waals surface area contributed by atoms with Gasteiger partial charge in [-0.25, -0.2) is 0 Å². The molecular weight excluding hydrogens is 415 g/mol. The van der Waals surface area contributed by atoms with Crippen molar-refractivity contribution >= 4 is 34.6 Å². The second-order valence-electron chi connectivity index (χ2n) is 5.32. The van der Waals surface area contributed by atoms with Gasteiger partial charge in [-0.05, 0) is 52.4 Å². The molecule has 122 valence electrons. The number of ether oxygens (including phenoxy) is 1. The van der Waals surface area contributed by atoms with Crippen molar-refractivity contribution in [3.63, 3.8) is 0 Å². The second kappa shape index (κ2) is 8.50. The Morgan fingerprint density at radius 3 is 2.50 bits per heavy atom. The number of carbonyl (C=O) groups excluding carboxylic acids is 1. The molecule has 0 saturated carbocycles. The van der Waals surface area contributed by atoms with E-state index in [0.717, 1.165) is 5.56 Å². The molecule has 24 heavy (non-hydrogen) atoms. The van der Waals surface area contributed by atoms with Gasteiger partial charge in [-0.3, -0.25) is 4.79 Å². The molecule has 0 bridgehead atoms. The number of hydrogen-bond acceptors (Lipinski definition) is 3. The molecule has 1 amide bonds. The summed E-state index contributed by atoms with van der Waals surface area (Å²) < 4.78 is 7.03. The van der Waals surface area contributed by atoms with Crippen LogP contribution >= 0.6 is 22.6 Å². The number of para-hydroxylation sites is 1. The standard InChI is InChI=1S/C19H17IN2O2/c1-22(2)19(23)16(12-21)11-15-5-3-4-6-18(15)24-13-14-7-9-17(20)10-8-14/h3-11H,13H2,1-2H3/b16-11-. The number of nitriles is 1. The minimum atomic E-state index is -0.329. The molecule has 0 fully saturated rings. The van der Waals surface area contributed by atoms with Crippen molar-refractivity contribution in [3.05, 3.63) is 68.8 Å². The van der Waals surface area contributed by atoms with E-state index in [4.69, 9.17) is 4.74 Å². The van der Waals surface area contributed by atoms with Gasteiger partial charge < -0.3 is 9.64 Å². The molecule has 0 spiro atoms. The lowest BCUT2D eigenvalue weighted by molar-refractivity contribution is -0.124. The van der Waals surface area contributed by atoms with E-state index < -0.39 is 0 Å². The van der Waals surface area contributed by atoms with Gasteiger partial charge in [-0.15, -0.1) is 0 Å². The fourth-order valence-electron chi connectivity index (χ4n) is 2.01. The summed E-state index contributed by atoms with van der Waals surface area (Å²) in [4.78, 5) is 13.4. The van der Waals surface area contributed by atoms with Gasteiger partial charge in [0, 0.05) is 23.2 Å². The van der Waals surface area contributed by atoms with Crippen LogP contribution in [0.2, 0.25) is 0 Å². The van der Waals surface area contributed by atoms with Gasteiger partial charge in [0.1, 0.15) is 24.0 Å². The Kier molecular flexibility index (Phi) is 6.38. The first-order chi connectivity index (χ1) is 11.5. The molecule has 2 rings (SSSR count). The summed E-state index contributed by atoms with van der Waals surface area (Å²) in [5.41, 5.74) is 1.83. The number of nitrogens with zero attached hydrogens (tertiary/aromatic N) is 2. The molecule has 5 heteroatoms. The molecule has 0 aliphatic carbocycles. The lowest BCUT2D eigenvalue weighted by Crippen LogP contribution is -2.22. The molecule has 0 N–H and O–H groups in total. The largest absolute Gasteiger partial charge is 0.488 e. The van der Waals surface area contributed by atoms with Gasteiger partial charge in [0.15, 0.2) is 0 Å². The molecule has 0 saturated heterocycles. The third-order valence-corrected chi connectivity index (χ3v) is 4.00. The molecule has 0 atom stereocenters. The summed E-state index contributed by atoms with van der Waals surface area (Å²) in [5, 5.41) is 9.22. The van der Waals surface area contributed by atoms with Crippen LogP contribution in [0.25, 0.3) is 6.08 Å². The average Bonchev–Trinajstić information content (AvgIpc) is 2.59. The Balaban J connectivity index is 2.22. The molecule has 2 aromatic rings. The van der Waals surface area contributed by atoms with Crippen LogP contribution in [0.4, 0.5) is 0 Å². The van der Waals surface area contributed by atoms with Crippen molar-refractivity contribution < 1.29 is 9.53 Å². The minimum Gasteiger partial charge on any atom is -0.488 e. The van der Waals surface area contributed by atoms with Crippen molar-refractivity contribution in [2.45, 2.75) is 6.61 Å². The Bertz CT molecular complexity index is 790. The zero-order valence-electron chi connectivity index (χ0n) is 13.5. The maximum Gasteiger partial charge on any atom is 0.264 e.